The van der Waals surface area contributed by atoms with Crippen LogP contribution in [0, 0.1) is 5.92 Å². The van der Waals surface area contributed by atoms with Crippen molar-refractivity contribution in [2.45, 2.75) is 96.1 Å². The van der Waals surface area contributed by atoms with Crippen LogP contribution in [0.2, 0.25) is 0 Å². The van der Waals surface area contributed by atoms with E-state index in [0.717, 1.165) is 38.9 Å². The molecule has 0 saturated carbocycles. The van der Waals surface area contributed by atoms with Gasteiger partial charge in [0.1, 0.15) is 5.78 Å². The fourth-order valence-corrected chi connectivity index (χ4v) is 3.91. The summed E-state index contributed by atoms with van der Waals surface area (Å²) in [6.07, 6.45) is 14.7. The smallest absolute Gasteiger partial charge is 0.136 e. The van der Waals surface area contributed by atoms with Crippen LogP contribution in [0.1, 0.15) is 84.0 Å². The first-order valence-corrected chi connectivity index (χ1v) is 9.66. The summed E-state index contributed by atoms with van der Waals surface area (Å²) >= 11 is 0. The Morgan fingerprint density at radius 3 is 2.05 bits per heavy atom. The Kier molecular flexibility index (Phi) is 8.46. The van der Waals surface area contributed by atoms with Crippen molar-refractivity contribution in [2.75, 3.05) is 13.2 Å². The standard InChI is InChI=1S/C19H35NO2/c1-2-3-4-5-6-7-8-9-10-11-19(21)16-12-17-14-22-15-18(13-16)20-17/h16-18,20H,2-15H2,1H3. The molecular weight excluding hydrogens is 274 g/mol. The van der Waals surface area contributed by atoms with Crippen LogP contribution in [-0.4, -0.2) is 31.1 Å². The second-order valence-electron chi connectivity index (χ2n) is 7.31. The van der Waals surface area contributed by atoms with Crippen LogP contribution in [0.15, 0.2) is 0 Å². The third kappa shape index (κ3) is 6.37. The third-order valence-electron chi connectivity index (χ3n) is 5.23. The molecule has 3 nitrogen and oxygen atoms in total. The van der Waals surface area contributed by atoms with Crippen molar-refractivity contribution in [2.24, 2.45) is 5.92 Å². The van der Waals surface area contributed by atoms with Gasteiger partial charge in [-0.05, 0) is 19.3 Å². The van der Waals surface area contributed by atoms with E-state index in [2.05, 4.69) is 12.2 Å². The largest absolute Gasteiger partial charge is 0.378 e. The molecule has 2 heterocycles. The predicted molar refractivity (Wildman–Crippen MR) is 91.1 cm³/mol. The Morgan fingerprint density at radius 2 is 1.45 bits per heavy atom. The van der Waals surface area contributed by atoms with E-state index in [1.165, 1.54) is 51.4 Å². The number of ketones is 1. The molecule has 0 aliphatic carbocycles. The molecular formula is C19H35NO2. The Bertz CT molecular complexity index is 307. The average molecular weight is 309 g/mol. The zero-order valence-electron chi connectivity index (χ0n) is 14.4. The lowest BCUT2D eigenvalue weighted by molar-refractivity contribution is -0.126. The van der Waals surface area contributed by atoms with Crippen LogP contribution < -0.4 is 5.32 Å². The summed E-state index contributed by atoms with van der Waals surface area (Å²) in [4.78, 5) is 12.4. The number of unbranched alkanes of at least 4 members (excludes halogenated alkanes) is 8. The van der Waals surface area contributed by atoms with Crippen molar-refractivity contribution in [3.8, 4) is 0 Å². The highest BCUT2D eigenvalue weighted by Crippen LogP contribution is 2.26. The number of nitrogens with one attached hydrogen (secondary N) is 1. The molecule has 0 aromatic rings. The predicted octanol–water partition coefficient (Wildman–Crippen LogP) is 4.24. The van der Waals surface area contributed by atoms with Gasteiger partial charge in [-0.1, -0.05) is 58.3 Å². The van der Waals surface area contributed by atoms with Gasteiger partial charge >= 0.3 is 0 Å². The van der Waals surface area contributed by atoms with Gasteiger partial charge in [-0.25, -0.2) is 0 Å². The topological polar surface area (TPSA) is 38.3 Å². The number of Topliss-reactive ketones (excluding diaryl/α,β-unsaturated/α-hetero) is 1. The molecule has 0 amide bonds. The maximum absolute atomic E-state index is 12.4. The molecule has 1 N–H and O–H groups in total. The fraction of sp³-hybridized carbons (Fsp3) is 0.947. The van der Waals surface area contributed by atoms with Gasteiger partial charge in [-0.15, -0.1) is 0 Å². The lowest BCUT2D eigenvalue weighted by Gasteiger charge is -2.39. The molecule has 128 valence electrons. The first kappa shape index (κ1) is 17.9. The zero-order chi connectivity index (χ0) is 15.6. The zero-order valence-corrected chi connectivity index (χ0v) is 14.4. The van der Waals surface area contributed by atoms with Crippen LogP contribution in [0.5, 0.6) is 0 Å². The van der Waals surface area contributed by atoms with E-state index in [-0.39, 0.29) is 0 Å². The molecule has 2 fully saturated rings. The van der Waals surface area contributed by atoms with E-state index in [1.54, 1.807) is 0 Å². The Morgan fingerprint density at radius 1 is 0.909 bits per heavy atom. The number of rotatable bonds is 11. The molecule has 2 aliphatic heterocycles. The maximum atomic E-state index is 12.4. The SMILES string of the molecule is CCCCCCCCCCCC(=O)C1CC2COCC(C1)N2. The molecule has 0 radical (unpaired) electrons. The minimum Gasteiger partial charge on any atom is -0.378 e. The number of hydrogen-bond acceptors (Lipinski definition) is 3. The molecule has 0 aromatic heterocycles. The minimum absolute atomic E-state index is 0.300. The van der Waals surface area contributed by atoms with Gasteiger partial charge < -0.3 is 10.1 Å². The molecule has 2 saturated heterocycles. The summed E-state index contributed by atoms with van der Waals surface area (Å²) < 4.78 is 5.55. The molecule has 3 heteroatoms. The molecule has 2 atom stereocenters. The molecule has 0 aromatic carbocycles. The fourth-order valence-electron chi connectivity index (χ4n) is 3.91. The van der Waals surface area contributed by atoms with Crippen molar-refractivity contribution < 1.29 is 9.53 Å². The van der Waals surface area contributed by atoms with Crippen molar-refractivity contribution in [3.05, 3.63) is 0 Å². The van der Waals surface area contributed by atoms with E-state index >= 15 is 0 Å². The highest BCUT2D eigenvalue weighted by atomic mass is 16.5. The number of fused-ring (bicyclic) bond motifs is 2. The highest BCUT2D eigenvalue weighted by Gasteiger charge is 2.34. The number of ether oxygens (including phenoxy) is 1. The summed E-state index contributed by atoms with van der Waals surface area (Å²) in [5.74, 6) is 0.815. The average Bonchev–Trinajstić information content (AvgIpc) is 2.52. The second kappa shape index (κ2) is 10.4. The van der Waals surface area contributed by atoms with Crippen molar-refractivity contribution in [3.63, 3.8) is 0 Å². The molecule has 2 bridgehead atoms. The first-order chi connectivity index (χ1) is 10.8. The second-order valence-corrected chi connectivity index (χ2v) is 7.31. The van der Waals surface area contributed by atoms with Gasteiger partial charge in [-0.3, -0.25) is 4.79 Å². The van der Waals surface area contributed by atoms with Gasteiger partial charge in [0, 0.05) is 24.4 Å². The van der Waals surface area contributed by atoms with Crippen LogP contribution in [-0.2, 0) is 9.53 Å². The highest BCUT2D eigenvalue weighted by molar-refractivity contribution is 5.81. The van der Waals surface area contributed by atoms with Gasteiger partial charge in [0.25, 0.3) is 0 Å². The number of hydrogen-bond donors (Lipinski definition) is 1. The quantitative estimate of drug-likeness (QED) is 0.580. The summed E-state index contributed by atoms with van der Waals surface area (Å²) in [6.45, 7) is 3.84. The van der Waals surface area contributed by atoms with Crippen molar-refractivity contribution in [1.29, 1.82) is 0 Å². The Balaban J connectivity index is 1.47. The van der Waals surface area contributed by atoms with Gasteiger partial charge in [-0.2, -0.15) is 0 Å². The number of carbonyl (C=O) groups is 1. The maximum Gasteiger partial charge on any atom is 0.136 e. The van der Waals surface area contributed by atoms with Gasteiger partial charge in [0.05, 0.1) is 13.2 Å². The Labute approximate surface area is 136 Å². The lowest BCUT2D eigenvalue weighted by Crippen LogP contribution is -2.55. The number of carbonyl (C=O) groups excluding carboxylic acids is 1. The van der Waals surface area contributed by atoms with E-state index in [9.17, 15) is 4.79 Å². The number of piperidine rings is 1. The van der Waals surface area contributed by atoms with E-state index in [1.807, 2.05) is 0 Å². The summed E-state index contributed by atoms with van der Waals surface area (Å²) in [7, 11) is 0. The van der Waals surface area contributed by atoms with E-state index in [0.29, 0.717) is 23.8 Å². The molecule has 0 spiro atoms. The lowest BCUT2D eigenvalue weighted by atomic mass is 9.83. The van der Waals surface area contributed by atoms with Crippen molar-refractivity contribution >= 4 is 5.78 Å². The summed E-state index contributed by atoms with van der Waals surface area (Å²) in [5.41, 5.74) is 0. The minimum atomic E-state index is 0.300. The van der Waals surface area contributed by atoms with Crippen LogP contribution in [0.3, 0.4) is 0 Å². The molecule has 2 unspecified atom stereocenters. The van der Waals surface area contributed by atoms with Gasteiger partial charge in [0.2, 0.25) is 0 Å². The normalized spacial score (nSPS) is 27.8. The number of morpholine rings is 1. The van der Waals surface area contributed by atoms with Gasteiger partial charge in [0.15, 0.2) is 0 Å². The van der Waals surface area contributed by atoms with Crippen LogP contribution in [0.25, 0.3) is 0 Å². The molecule has 2 rings (SSSR count). The molecule has 2 aliphatic rings. The third-order valence-corrected chi connectivity index (χ3v) is 5.23. The van der Waals surface area contributed by atoms with E-state index < -0.39 is 0 Å². The summed E-state index contributed by atoms with van der Waals surface area (Å²) in [5, 5.41) is 3.57. The monoisotopic (exact) mass is 309 g/mol. The first-order valence-electron chi connectivity index (χ1n) is 9.66. The molecule has 22 heavy (non-hydrogen) atoms. The van der Waals surface area contributed by atoms with Crippen LogP contribution >= 0.6 is 0 Å². The summed E-state index contributed by atoms with van der Waals surface area (Å²) in [6, 6.07) is 0.842. The van der Waals surface area contributed by atoms with E-state index in [4.69, 9.17) is 4.74 Å². The van der Waals surface area contributed by atoms with Crippen LogP contribution in [0.4, 0.5) is 0 Å². The Hall–Kier alpha value is -0.410. The van der Waals surface area contributed by atoms with Crippen molar-refractivity contribution in [1.82, 2.24) is 5.32 Å².